The number of pyridine rings is 1. The van der Waals surface area contributed by atoms with Crippen LogP contribution < -0.4 is 4.74 Å². The zero-order chi connectivity index (χ0) is 18.5. The van der Waals surface area contributed by atoms with Crippen LogP contribution in [0.25, 0.3) is 0 Å². The number of carbonyl (C=O) groups is 1. The fourth-order valence-electron chi connectivity index (χ4n) is 3.38. The Hall–Kier alpha value is -3.15. The van der Waals surface area contributed by atoms with Crippen molar-refractivity contribution >= 4 is 5.91 Å². The number of benzene rings is 1. The third-order valence-electron chi connectivity index (χ3n) is 4.71. The minimum absolute atomic E-state index is 0.0284. The van der Waals surface area contributed by atoms with Crippen molar-refractivity contribution in [1.29, 1.82) is 0 Å². The Kier molecular flexibility index (Phi) is 5.14. The van der Waals surface area contributed by atoms with Gasteiger partial charge in [0.05, 0.1) is 6.04 Å². The van der Waals surface area contributed by atoms with Crippen molar-refractivity contribution in [1.82, 2.24) is 14.9 Å². The van der Waals surface area contributed by atoms with E-state index in [4.69, 9.17) is 9.15 Å². The summed E-state index contributed by atoms with van der Waals surface area (Å²) in [5, 5.41) is 0. The van der Waals surface area contributed by atoms with E-state index in [1.54, 1.807) is 6.20 Å². The molecule has 0 radical (unpaired) electrons. The van der Waals surface area contributed by atoms with Gasteiger partial charge < -0.3 is 14.1 Å². The minimum Gasteiger partial charge on any atom is -0.484 e. The van der Waals surface area contributed by atoms with E-state index in [-0.39, 0.29) is 18.6 Å². The molecule has 6 nitrogen and oxygen atoms in total. The monoisotopic (exact) mass is 363 g/mol. The van der Waals surface area contributed by atoms with Gasteiger partial charge in [0.15, 0.2) is 12.3 Å². The molecule has 4 rings (SSSR count). The van der Waals surface area contributed by atoms with Crippen LogP contribution in [0.4, 0.5) is 0 Å². The molecule has 0 spiro atoms. The quantitative estimate of drug-likeness (QED) is 0.685. The van der Waals surface area contributed by atoms with Crippen molar-refractivity contribution in [3.05, 3.63) is 78.3 Å². The third-order valence-corrected chi connectivity index (χ3v) is 4.71. The number of amides is 1. The molecule has 0 unspecified atom stereocenters. The van der Waals surface area contributed by atoms with Gasteiger partial charge in [0.2, 0.25) is 5.89 Å². The molecule has 1 atom stereocenters. The van der Waals surface area contributed by atoms with Crippen LogP contribution in [0.3, 0.4) is 0 Å². The summed E-state index contributed by atoms with van der Waals surface area (Å²) in [4.78, 5) is 23.4. The number of carbonyl (C=O) groups excluding carboxylic acids is 1. The van der Waals surface area contributed by atoms with Gasteiger partial charge in [0, 0.05) is 18.9 Å². The van der Waals surface area contributed by atoms with Crippen molar-refractivity contribution < 1.29 is 13.9 Å². The molecule has 27 heavy (non-hydrogen) atoms. The highest BCUT2D eigenvalue weighted by molar-refractivity contribution is 5.92. The molecule has 1 aliphatic heterocycles. The molecule has 0 aliphatic carbocycles. The molecule has 138 valence electrons. The highest BCUT2D eigenvalue weighted by Gasteiger charge is 2.30. The van der Waals surface area contributed by atoms with Crippen LogP contribution in [0.2, 0.25) is 0 Å². The second-order valence-electron chi connectivity index (χ2n) is 6.52. The molecule has 1 aliphatic rings. The number of likely N-dealkylation sites (tertiary alicyclic amines) is 1. The van der Waals surface area contributed by atoms with Gasteiger partial charge in [-0.05, 0) is 43.0 Å². The Morgan fingerprint density at radius 2 is 2.07 bits per heavy atom. The predicted octanol–water partition coefficient (Wildman–Crippen LogP) is 4.02. The number of piperidine rings is 1. The van der Waals surface area contributed by atoms with E-state index in [2.05, 4.69) is 9.97 Å². The highest BCUT2D eigenvalue weighted by Crippen LogP contribution is 2.31. The number of ether oxygens (including phenoxy) is 1. The van der Waals surface area contributed by atoms with Crippen LogP contribution >= 0.6 is 0 Å². The van der Waals surface area contributed by atoms with Crippen LogP contribution in [0.15, 0.2) is 65.5 Å². The summed E-state index contributed by atoms with van der Waals surface area (Å²) in [6.07, 6.45) is 8.01. The van der Waals surface area contributed by atoms with Gasteiger partial charge in [-0.1, -0.05) is 24.3 Å². The molecule has 3 aromatic rings. The summed E-state index contributed by atoms with van der Waals surface area (Å²) in [6, 6.07) is 13.4. The summed E-state index contributed by atoms with van der Waals surface area (Å²) in [5.41, 5.74) is 1.37. The van der Waals surface area contributed by atoms with Crippen LogP contribution in [-0.4, -0.2) is 27.3 Å². The number of aromatic nitrogens is 2. The van der Waals surface area contributed by atoms with E-state index in [0.29, 0.717) is 18.1 Å². The molecule has 0 N–H and O–H groups in total. The first-order valence-corrected chi connectivity index (χ1v) is 9.14. The second kappa shape index (κ2) is 8.03. The Bertz CT molecular complexity index is 880. The molecule has 1 aromatic carbocycles. The zero-order valence-electron chi connectivity index (χ0n) is 15.0. The first-order chi connectivity index (χ1) is 13.3. The lowest BCUT2D eigenvalue weighted by Gasteiger charge is -2.35. The summed E-state index contributed by atoms with van der Waals surface area (Å²) >= 11 is 0. The fourth-order valence-corrected chi connectivity index (χ4v) is 3.38. The Morgan fingerprint density at radius 3 is 2.89 bits per heavy atom. The number of hydrogen-bond acceptors (Lipinski definition) is 5. The maximum atomic E-state index is 13.0. The lowest BCUT2D eigenvalue weighted by molar-refractivity contribution is 0.0605. The van der Waals surface area contributed by atoms with Gasteiger partial charge in [-0.3, -0.25) is 9.78 Å². The van der Waals surface area contributed by atoms with E-state index in [1.165, 1.54) is 6.26 Å². The molecule has 0 saturated carbocycles. The fraction of sp³-hybridized carbons (Fsp3) is 0.286. The van der Waals surface area contributed by atoms with Crippen LogP contribution in [0.5, 0.6) is 5.75 Å². The smallest absolute Gasteiger partial charge is 0.276 e. The van der Waals surface area contributed by atoms with Crippen molar-refractivity contribution in [2.24, 2.45) is 0 Å². The van der Waals surface area contributed by atoms with Gasteiger partial charge in [-0.2, -0.15) is 0 Å². The Labute approximate surface area is 157 Å². The first-order valence-electron chi connectivity index (χ1n) is 9.14. The summed E-state index contributed by atoms with van der Waals surface area (Å²) in [6.45, 7) is 0.893. The summed E-state index contributed by atoms with van der Waals surface area (Å²) < 4.78 is 11.1. The average molecular weight is 363 g/mol. The lowest BCUT2D eigenvalue weighted by atomic mass is 9.96. The van der Waals surface area contributed by atoms with Gasteiger partial charge in [0.25, 0.3) is 5.91 Å². The van der Waals surface area contributed by atoms with Gasteiger partial charge in [-0.25, -0.2) is 4.98 Å². The Morgan fingerprint density at radius 1 is 1.19 bits per heavy atom. The molecule has 1 fully saturated rings. The Balaban J connectivity index is 1.46. The van der Waals surface area contributed by atoms with E-state index in [9.17, 15) is 4.79 Å². The molecule has 2 aromatic heterocycles. The molecular formula is C21H21N3O3. The van der Waals surface area contributed by atoms with Crippen molar-refractivity contribution in [2.75, 3.05) is 6.54 Å². The lowest BCUT2D eigenvalue weighted by Crippen LogP contribution is -2.38. The summed E-state index contributed by atoms with van der Waals surface area (Å²) in [5.74, 6) is 1.01. The molecule has 6 heteroatoms. The molecule has 3 heterocycles. The van der Waals surface area contributed by atoms with E-state index < -0.39 is 0 Å². The molecule has 1 saturated heterocycles. The first kappa shape index (κ1) is 17.3. The average Bonchev–Trinajstić information content (AvgIpc) is 3.22. The highest BCUT2D eigenvalue weighted by atomic mass is 16.5. The van der Waals surface area contributed by atoms with Crippen LogP contribution in [0, 0.1) is 0 Å². The molecule has 0 bridgehead atoms. The maximum absolute atomic E-state index is 13.0. The van der Waals surface area contributed by atoms with Crippen LogP contribution in [0.1, 0.15) is 47.2 Å². The van der Waals surface area contributed by atoms with E-state index in [0.717, 1.165) is 30.6 Å². The van der Waals surface area contributed by atoms with Crippen LogP contribution in [-0.2, 0) is 6.61 Å². The van der Waals surface area contributed by atoms with Gasteiger partial charge >= 0.3 is 0 Å². The van der Waals surface area contributed by atoms with Gasteiger partial charge in [0.1, 0.15) is 12.0 Å². The normalized spacial score (nSPS) is 16.9. The third kappa shape index (κ3) is 4.00. The van der Waals surface area contributed by atoms with Gasteiger partial charge in [-0.15, -0.1) is 0 Å². The molecular weight excluding hydrogens is 342 g/mol. The number of para-hydroxylation sites is 1. The molecule has 1 amide bonds. The SMILES string of the molecule is O=C(c1coc(COc2ccccc2)n1)N1CCCC[C@@H]1c1cccnc1. The summed E-state index contributed by atoms with van der Waals surface area (Å²) in [7, 11) is 0. The standard InChI is InChI=1S/C21H21N3O3/c25-21(24-12-5-4-10-19(24)16-7-6-11-22-13-16)18-14-27-20(23-18)15-26-17-8-2-1-3-9-17/h1-3,6-9,11,13-14,19H,4-5,10,12,15H2/t19-/m1/s1. The second-order valence-corrected chi connectivity index (χ2v) is 6.52. The zero-order valence-corrected chi connectivity index (χ0v) is 15.0. The van der Waals surface area contributed by atoms with E-state index in [1.807, 2.05) is 53.6 Å². The number of nitrogens with zero attached hydrogens (tertiary/aromatic N) is 3. The van der Waals surface area contributed by atoms with Crippen molar-refractivity contribution in [2.45, 2.75) is 31.9 Å². The predicted molar refractivity (Wildman–Crippen MR) is 99.1 cm³/mol. The number of hydrogen-bond donors (Lipinski definition) is 0. The number of rotatable bonds is 5. The van der Waals surface area contributed by atoms with Crippen molar-refractivity contribution in [3.63, 3.8) is 0 Å². The topological polar surface area (TPSA) is 68.5 Å². The number of oxazole rings is 1. The minimum atomic E-state index is -0.113. The van der Waals surface area contributed by atoms with Crippen molar-refractivity contribution in [3.8, 4) is 5.75 Å². The maximum Gasteiger partial charge on any atom is 0.276 e. The van der Waals surface area contributed by atoms with E-state index >= 15 is 0 Å². The largest absolute Gasteiger partial charge is 0.484 e.